The molecule has 2 aromatic heterocycles. The molecule has 1 unspecified atom stereocenters. The Bertz CT molecular complexity index is 1480. The number of aromatic nitrogens is 2. The standard InChI is InChI=1S/C25H22N2O3S2/c1-18-8-7-13-23-24(18)19(17-31-23)16-27-22-12-6-5-11-21(22)26(25(27)28)14-15-32(29)30-20-9-3-2-4-10-20/h2-13,17H,14-16H2,1H3. The Morgan fingerprint density at radius 2 is 1.62 bits per heavy atom. The Balaban J connectivity index is 1.45. The van der Waals surface area contributed by atoms with E-state index >= 15 is 0 Å². The SMILES string of the molecule is Cc1cccc2scc(Cn3c(=O)n(CCS(=O)Oc4ccccc4)c4ccccc43)c12. The van der Waals surface area contributed by atoms with Gasteiger partial charge in [-0.05, 0) is 53.8 Å². The highest BCUT2D eigenvalue weighted by Crippen LogP contribution is 2.29. The first-order chi connectivity index (χ1) is 15.6. The first-order valence-corrected chi connectivity index (χ1v) is 12.5. The molecule has 0 aliphatic heterocycles. The van der Waals surface area contributed by atoms with Crippen LogP contribution in [-0.4, -0.2) is 19.1 Å². The fourth-order valence-corrected chi connectivity index (χ4v) is 5.83. The number of thiophene rings is 1. The zero-order valence-corrected chi connectivity index (χ0v) is 19.2. The highest BCUT2D eigenvalue weighted by molar-refractivity contribution is 7.80. The third-order valence-corrected chi connectivity index (χ3v) is 7.44. The van der Waals surface area contributed by atoms with Crippen LogP contribution in [0.2, 0.25) is 0 Å². The highest BCUT2D eigenvalue weighted by atomic mass is 32.2. The van der Waals surface area contributed by atoms with Gasteiger partial charge in [0.2, 0.25) is 11.1 Å². The van der Waals surface area contributed by atoms with Crippen LogP contribution < -0.4 is 9.87 Å². The predicted octanol–water partition coefficient (Wildman–Crippen LogP) is 5.12. The lowest BCUT2D eigenvalue weighted by molar-refractivity contribution is 0.555. The van der Waals surface area contributed by atoms with E-state index in [9.17, 15) is 9.00 Å². The van der Waals surface area contributed by atoms with Crippen molar-refractivity contribution in [3.05, 3.63) is 99.8 Å². The minimum absolute atomic E-state index is 0.101. The Morgan fingerprint density at radius 1 is 0.906 bits per heavy atom. The summed E-state index contributed by atoms with van der Waals surface area (Å²) in [5.74, 6) is 0.781. The first kappa shape index (κ1) is 20.7. The monoisotopic (exact) mass is 462 g/mol. The Labute approximate surface area is 192 Å². The van der Waals surface area contributed by atoms with Crippen molar-refractivity contribution in [3.63, 3.8) is 0 Å². The van der Waals surface area contributed by atoms with Crippen LogP contribution in [0, 0.1) is 6.92 Å². The number of nitrogens with zero attached hydrogens (tertiary/aromatic N) is 2. The molecular weight excluding hydrogens is 440 g/mol. The molecule has 3 aromatic carbocycles. The maximum Gasteiger partial charge on any atom is 0.329 e. The van der Waals surface area contributed by atoms with Gasteiger partial charge in [-0.3, -0.25) is 9.13 Å². The summed E-state index contributed by atoms with van der Waals surface area (Å²) in [7, 11) is 0. The zero-order valence-electron chi connectivity index (χ0n) is 17.6. The molecule has 32 heavy (non-hydrogen) atoms. The number of para-hydroxylation sites is 3. The second kappa shape index (κ2) is 8.76. The fourth-order valence-electron chi connectivity index (χ4n) is 4.06. The van der Waals surface area contributed by atoms with Crippen molar-refractivity contribution in [2.24, 2.45) is 0 Å². The lowest BCUT2D eigenvalue weighted by Crippen LogP contribution is -2.27. The average Bonchev–Trinajstić information content (AvgIpc) is 3.33. The summed E-state index contributed by atoms with van der Waals surface area (Å²) in [5, 5.41) is 3.36. The van der Waals surface area contributed by atoms with Crippen molar-refractivity contribution in [2.75, 3.05) is 5.75 Å². The second-order valence-corrected chi connectivity index (χ2v) is 9.72. The van der Waals surface area contributed by atoms with E-state index in [2.05, 4.69) is 30.5 Å². The summed E-state index contributed by atoms with van der Waals surface area (Å²) < 4.78 is 22.7. The number of imidazole rings is 1. The maximum absolute atomic E-state index is 13.4. The first-order valence-electron chi connectivity index (χ1n) is 10.4. The normalized spacial score (nSPS) is 12.4. The van der Waals surface area contributed by atoms with Gasteiger partial charge < -0.3 is 4.18 Å². The van der Waals surface area contributed by atoms with Gasteiger partial charge in [-0.1, -0.05) is 42.5 Å². The minimum atomic E-state index is -1.53. The van der Waals surface area contributed by atoms with E-state index in [1.165, 1.54) is 15.6 Å². The van der Waals surface area contributed by atoms with Crippen LogP contribution in [0.3, 0.4) is 0 Å². The van der Waals surface area contributed by atoms with Gasteiger partial charge in [-0.25, -0.2) is 9.00 Å². The molecule has 0 spiro atoms. The van der Waals surface area contributed by atoms with Gasteiger partial charge >= 0.3 is 5.69 Å². The minimum Gasteiger partial charge on any atom is -0.400 e. The number of benzene rings is 3. The van der Waals surface area contributed by atoms with Gasteiger partial charge in [0.25, 0.3) is 0 Å². The smallest absolute Gasteiger partial charge is 0.329 e. The van der Waals surface area contributed by atoms with Crippen molar-refractivity contribution in [1.29, 1.82) is 0 Å². The van der Waals surface area contributed by atoms with Crippen molar-refractivity contribution in [3.8, 4) is 5.75 Å². The molecule has 2 heterocycles. The van der Waals surface area contributed by atoms with Crippen LogP contribution in [-0.2, 0) is 24.2 Å². The molecule has 0 amide bonds. The predicted molar refractivity (Wildman–Crippen MR) is 132 cm³/mol. The number of hydrogen-bond acceptors (Lipinski definition) is 4. The van der Waals surface area contributed by atoms with Gasteiger partial charge in [-0.15, -0.1) is 11.3 Å². The van der Waals surface area contributed by atoms with E-state index < -0.39 is 11.1 Å². The molecule has 0 saturated heterocycles. The molecule has 0 N–H and O–H groups in total. The molecule has 7 heteroatoms. The topological polar surface area (TPSA) is 53.2 Å². The third-order valence-electron chi connectivity index (χ3n) is 5.55. The van der Waals surface area contributed by atoms with Crippen molar-refractivity contribution >= 4 is 43.5 Å². The van der Waals surface area contributed by atoms with E-state index in [0.717, 1.165) is 16.6 Å². The van der Waals surface area contributed by atoms with Crippen LogP contribution >= 0.6 is 11.3 Å². The molecule has 0 saturated carbocycles. The molecule has 0 radical (unpaired) electrons. The zero-order chi connectivity index (χ0) is 22.1. The summed E-state index contributed by atoms with van der Waals surface area (Å²) >= 11 is 0.168. The molecule has 0 aliphatic rings. The number of aryl methyl sites for hydroxylation is 2. The van der Waals surface area contributed by atoms with E-state index in [0.29, 0.717) is 18.8 Å². The summed E-state index contributed by atoms with van der Waals surface area (Å²) in [4.78, 5) is 13.4. The largest absolute Gasteiger partial charge is 0.400 e. The summed E-state index contributed by atoms with van der Waals surface area (Å²) in [5.41, 5.74) is 3.97. The molecule has 0 bridgehead atoms. The van der Waals surface area contributed by atoms with Crippen molar-refractivity contribution in [1.82, 2.24) is 9.13 Å². The molecule has 162 valence electrons. The summed E-state index contributed by atoms with van der Waals surface area (Å²) in [6.45, 7) is 2.92. The average molecular weight is 463 g/mol. The molecule has 5 aromatic rings. The lowest BCUT2D eigenvalue weighted by Gasteiger charge is -2.06. The van der Waals surface area contributed by atoms with Crippen LogP contribution in [0.15, 0.2) is 83.0 Å². The highest BCUT2D eigenvalue weighted by Gasteiger charge is 2.16. The van der Waals surface area contributed by atoms with Gasteiger partial charge in [0.15, 0.2) is 0 Å². The Hall–Kier alpha value is -3.16. The van der Waals surface area contributed by atoms with Crippen molar-refractivity contribution in [2.45, 2.75) is 20.0 Å². The molecule has 5 rings (SSSR count). The third kappa shape index (κ3) is 3.89. The van der Waals surface area contributed by atoms with Crippen LogP contribution in [0.5, 0.6) is 5.75 Å². The maximum atomic E-state index is 13.4. The van der Waals surface area contributed by atoms with E-state index in [1.807, 2.05) is 47.0 Å². The molecule has 1 atom stereocenters. The quantitative estimate of drug-likeness (QED) is 0.337. The second-order valence-electron chi connectivity index (χ2n) is 7.62. The lowest BCUT2D eigenvalue weighted by atomic mass is 10.1. The summed E-state index contributed by atoms with van der Waals surface area (Å²) in [6.07, 6.45) is 0. The van der Waals surface area contributed by atoms with Gasteiger partial charge in [0.1, 0.15) is 5.75 Å². The van der Waals surface area contributed by atoms with Gasteiger partial charge in [0, 0.05) is 16.6 Å². The summed E-state index contributed by atoms with van der Waals surface area (Å²) in [6, 6.07) is 23.1. The van der Waals surface area contributed by atoms with E-state index in [-0.39, 0.29) is 11.4 Å². The number of rotatable bonds is 7. The fraction of sp³-hybridized carbons (Fsp3) is 0.160. The van der Waals surface area contributed by atoms with Gasteiger partial charge in [0.05, 0.1) is 23.3 Å². The van der Waals surface area contributed by atoms with Crippen LogP contribution in [0.25, 0.3) is 21.1 Å². The van der Waals surface area contributed by atoms with Crippen LogP contribution in [0.4, 0.5) is 0 Å². The Kier molecular flexibility index (Phi) is 5.68. The number of hydrogen-bond donors (Lipinski definition) is 0. The van der Waals surface area contributed by atoms with E-state index in [4.69, 9.17) is 4.18 Å². The van der Waals surface area contributed by atoms with Gasteiger partial charge in [-0.2, -0.15) is 0 Å². The van der Waals surface area contributed by atoms with Crippen LogP contribution in [0.1, 0.15) is 11.1 Å². The number of fused-ring (bicyclic) bond motifs is 2. The molecule has 5 nitrogen and oxygen atoms in total. The molecule has 0 fully saturated rings. The Morgan fingerprint density at radius 3 is 2.41 bits per heavy atom. The van der Waals surface area contributed by atoms with E-state index in [1.54, 1.807) is 28.0 Å². The van der Waals surface area contributed by atoms with Crippen molar-refractivity contribution < 1.29 is 8.39 Å². The molecular formula is C25H22N2O3S2. The molecule has 0 aliphatic carbocycles.